The van der Waals surface area contributed by atoms with Crippen LogP contribution in [0.25, 0.3) is 0 Å². The number of furan rings is 1. The molecule has 0 bridgehead atoms. The third-order valence-electron chi connectivity index (χ3n) is 3.08. The zero-order valence-electron chi connectivity index (χ0n) is 9.45. The van der Waals surface area contributed by atoms with Crippen molar-refractivity contribution in [3.8, 4) is 0 Å². The Bertz CT molecular complexity index is 310. The van der Waals surface area contributed by atoms with Crippen molar-refractivity contribution in [1.29, 1.82) is 0 Å². The number of aryl methyl sites for hydroxylation is 1. The maximum atomic E-state index is 5.53. The molecule has 1 aromatic rings. The minimum atomic E-state index is 0.688. The van der Waals surface area contributed by atoms with Crippen molar-refractivity contribution in [1.82, 2.24) is 5.32 Å². The van der Waals surface area contributed by atoms with Crippen LogP contribution in [-0.2, 0) is 6.54 Å². The van der Waals surface area contributed by atoms with Crippen LogP contribution in [0.5, 0.6) is 0 Å². The highest BCUT2D eigenvalue weighted by Crippen LogP contribution is 2.28. The van der Waals surface area contributed by atoms with E-state index in [1.54, 1.807) is 0 Å². The van der Waals surface area contributed by atoms with Crippen LogP contribution in [0.1, 0.15) is 30.8 Å². The summed E-state index contributed by atoms with van der Waals surface area (Å²) in [5.74, 6) is 2.06. The Balaban J connectivity index is 1.75. The normalized spacial score (nSPS) is 26.0. The molecule has 2 nitrogen and oxygen atoms in total. The first-order valence-corrected chi connectivity index (χ1v) is 6.88. The fourth-order valence-electron chi connectivity index (χ4n) is 2.16. The van der Waals surface area contributed by atoms with Crippen LogP contribution in [-0.4, -0.2) is 17.5 Å². The first kappa shape index (κ1) is 11.1. The fraction of sp³-hybridized carbons (Fsp3) is 0.667. The average Bonchev–Trinajstić information content (AvgIpc) is 2.83. The van der Waals surface area contributed by atoms with E-state index in [2.05, 4.69) is 17.6 Å². The third-order valence-corrected chi connectivity index (χ3v) is 4.17. The minimum Gasteiger partial charge on any atom is -0.465 e. The van der Waals surface area contributed by atoms with Crippen LogP contribution < -0.4 is 5.32 Å². The fourth-order valence-corrected chi connectivity index (χ4v) is 2.96. The molecule has 0 amide bonds. The minimum absolute atomic E-state index is 0.688. The van der Waals surface area contributed by atoms with Gasteiger partial charge in [0, 0.05) is 11.3 Å². The van der Waals surface area contributed by atoms with Crippen LogP contribution in [0.2, 0.25) is 0 Å². The molecule has 1 aromatic heterocycles. The van der Waals surface area contributed by atoms with E-state index in [9.17, 15) is 0 Å². The molecule has 84 valence electrons. The van der Waals surface area contributed by atoms with Gasteiger partial charge in [-0.15, -0.1) is 0 Å². The van der Waals surface area contributed by atoms with Gasteiger partial charge >= 0.3 is 0 Å². The zero-order chi connectivity index (χ0) is 10.7. The molecule has 2 atom stereocenters. The van der Waals surface area contributed by atoms with Gasteiger partial charge in [-0.2, -0.15) is 11.8 Å². The van der Waals surface area contributed by atoms with E-state index in [0.29, 0.717) is 6.04 Å². The number of hydrogen-bond donors (Lipinski definition) is 1. The maximum Gasteiger partial charge on any atom is 0.117 e. The molecule has 0 saturated heterocycles. The highest BCUT2D eigenvalue weighted by atomic mass is 32.2. The number of rotatable bonds is 4. The predicted molar refractivity (Wildman–Crippen MR) is 65.2 cm³/mol. The van der Waals surface area contributed by atoms with Gasteiger partial charge in [-0.25, -0.2) is 0 Å². The van der Waals surface area contributed by atoms with Crippen molar-refractivity contribution in [2.75, 3.05) is 6.26 Å². The molecule has 2 rings (SSSR count). The highest BCUT2D eigenvalue weighted by Gasteiger charge is 2.23. The molecule has 1 N–H and O–H groups in total. The quantitative estimate of drug-likeness (QED) is 0.853. The van der Waals surface area contributed by atoms with E-state index in [1.165, 1.54) is 19.3 Å². The predicted octanol–water partition coefficient (Wildman–Crippen LogP) is 2.96. The maximum absolute atomic E-state index is 5.53. The third kappa shape index (κ3) is 3.02. The van der Waals surface area contributed by atoms with E-state index in [0.717, 1.165) is 23.3 Å². The molecular formula is C12H19NOS. The Morgan fingerprint density at radius 2 is 2.33 bits per heavy atom. The van der Waals surface area contributed by atoms with E-state index in [1.807, 2.05) is 24.8 Å². The smallest absolute Gasteiger partial charge is 0.117 e. The topological polar surface area (TPSA) is 25.2 Å². The number of thioether (sulfide) groups is 1. The van der Waals surface area contributed by atoms with Crippen molar-refractivity contribution in [3.63, 3.8) is 0 Å². The Morgan fingerprint density at radius 3 is 2.93 bits per heavy atom. The molecule has 3 heteroatoms. The van der Waals surface area contributed by atoms with E-state index < -0.39 is 0 Å². The summed E-state index contributed by atoms with van der Waals surface area (Å²) in [7, 11) is 0. The number of nitrogens with one attached hydrogen (secondary N) is 1. The van der Waals surface area contributed by atoms with Crippen LogP contribution in [0.3, 0.4) is 0 Å². The van der Waals surface area contributed by atoms with Gasteiger partial charge in [-0.05, 0) is 44.6 Å². The van der Waals surface area contributed by atoms with E-state index in [-0.39, 0.29) is 0 Å². The lowest BCUT2D eigenvalue weighted by Crippen LogP contribution is -2.25. The monoisotopic (exact) mass is 225 g/mol. The summed E-state index contributed by atoms with van der Waals surface area (Å²) < 4.78 is 5.53. The molecule has 0 radical (unpaired) electrons. The van der Waals surface area contributed by atoms with Gasteiger partial charge in [-0.1, -0.05) is 0 Å². The summed E-state index contributed by atoms with van der Waals surface area (Å²) in [5, 5.41) is 4.43. The summed E-state index contributed by atoms with van der Waals surface area (Å²) >= 11 is 2.00. The Kier molecular flexibility index (Phi) is 3.76. The average molecular weight is 225 g/mol. The lowest BCUT2D eigenvalue weighted by molar-refractivity contribution is 0.433. The van der Waals surface area contributed by atoms with Gasteiger partial charge in [0.2, 0.25) is 0 Å². The summed E-state index contributed by atoms with van der Waals surface area (Å²) in [4.78, 5) is 0. The summed E-state index contributed by atoms with van der Waals surface area (Å²) in [6, 6.07) is 4.77. The molecule has 0 spiro atoms. The number of hydrogen-bond acceptors (Lipinski definition) is 3. The Hall–Kier alpha value is -0.410. The first-order valence-electron chi connectivity index (χ1n) is 5.59. The van der Waals surface area contributed by atoms with Crippen molar-refractivity contribution < 1.29 is 4.42 Å². The molecule has 0 aliphatic heterocycles. The molecule has 1 heterocycles. The lowest BCUT2D eigenvalue weighted by Gasteiger charge is -2.11. The van der Waals surface area contributed by atoms with Crippen LogP contribution in [0.15, 0.2) is 16.5 Å². The summed E-state index contributed by atoms with van der Waals surface area (Å²) in [5.41, 5.74) is 0. The van der Waals surface area contributed by atoms with Gasteiger partial charge in [-0.3, -0.25) is 0 Å². The summed E-state index contributed by atoms with van der Waals surface area (Å²) in [6.07, 6.45) is 6.19. The van der Waals surface area contributed by atoms with Crippen molar-refractivity contribution in [2.24, 2.45) is 0 Å². The van der Waals surface area contributed by atoms with Crippen molar-refractivity contribution >= 4 is 11.8 Å². The standard InChI is InChI=1S/C12H19NOS/c1-9-3-5-11(14-9)8-13-10-4-6-12(7-10)15-2/h3,5,10,12-13H,4,6-8H2,1-2H3. The Labute approximate surface area is 95.8 Å². The molecule has 0 aromatic carbocycles. The molecular weight excluding hydrogens is 206 g/mol. The van der Waals surface area contributed by atoms with Crippen molar-refractivity contribution in [2.45, 2.75) is 44.0 Å². The molecule has 1 aliphatic carbocycles. The van der Waals surface area contributed by atoms with Crippen molar-refractivity contribution in [3.05, 3.63) is 23.7 Å². The molecule has 15 heavy (non-hydrogen) atoms. The molecule has 1 aliphatic rings. The second-order valence-electron chi connectivity index (χ2n) is 4.26. The van der Waals surface area contributed by atoms with E-state index >= 15 is 0 Å². The second-order valence-corrected chi connectivity index (χ2v) is 5.40. The lowest BCUT2D eigenvalue weighted by atomic mass is 10.2. The van der Waals surface area contributed by atoms with Crippen LogP contribution in [0, 0.1) is 6.92 Å². The highest BCUT2D eigenvalue weighted by molar-refractivity contribution is 7.99. The Morgan fingerprint density at radius 1 is 1.47 bits per heavy atom. The van der Waals surface area contributed by atoms with Gasteiger partial charge < -0.3 is 9.73 Å². The van der Waals surface area contributed by atoms with Gasteiger partial charge in [0.25, 0.3) is 0 Å². The summed E-state index contributed by atoms with van der Waals surface area (Å²) in [6.45, 7) is 2.86. The SMILES string of the molecule is CSC1CCC(NCc2ccc(C)o2)C1. The van der Waals surface area contributed by atoms with Gasteiger partial charge in [0.1, 0.15) is 11.5 Å². The van der Waals surface area contributed by atoms with E-state index in [4.69, 9.17) is 4.42 Å². The largest absolute Gasteiger partial charge is 0.465 e. The van der Waals surface area contributed by atoms with Crippen LogP contribution >= 0.6 is 11.8 Å². The van der Waals surface area contributed by atoms with Crippen LogP contribution in [0.4, 0.5) is 0 Å². The first-order chi connectivity index (χ1) is 7.28. The van der Waals surface area contributed by atoms with Gasteiger partial charge in [0.05, 0.1) is 6.54 Å². The molecule has 2 unspecified atom stereocenters. The molecule has 1 saturated carbocycles. The second kappa shape index (κ2) is 5.08. The zero-order valence-corrected chi connectivity index (χ0v) is 10.3. The molecule has 1 fully saturated rings. The van der Waals surface area contributed by atoms with Gasteiger partial charge in [0.15, 0.2) is 0 Å².